The molecule has 5 nitrogen and oxygen atoms in total. The maximum absolute atomic E-state index is 12.4. The van der Waals surface area contributed by atoms with Crippen LogP contribution in [0.5, 0.6) is 0 Å². The van der Waals surface area contributed by atoms with Crippen molar-refractivity contribution in [1.82, 2.24) is 9.88 Å². The Morgan fingerprint density at radius 1 is 1.55 bits per heavy atom. The van der Waals surface area contributed by atoms with Gasteiger partial charge in [-0.2, -0.15) is 0 Å². The summed E-state index contributed by atoms with van der Waals surface area (Å²) in [6.45, 7) is 1.43. The molecule has 1 aromatic carbocycles. The molecule has 1 amide bonds. The van der Waals surface area contributed by atoms with Gasteiger partial charge in [0.2, 0.25) is 0 Å². The average Bonchev–Trinajstić information content (AvgIpc) is 3.07. The fourth-order valence-corrected chi connectivity index (χ4v) is 2.68. The van der Waals surface area contributed by atoms with E-state index in [1.807, 2.05) is 24.3 Å². The average molecular weight is 273 g/mol. The standard InChI is InChI=1S/C15H19N3O2/c1-18(9-11-5-3-7-20-11)15(19)13-8-10-4-2-6-12(16)14(10)17-13/h2,4,6,8,11,17H,3,5,7,9,16H2,1H3. The van der Waals surface area contributed by atoms with Crippen molar-refractivity contribution in [3.63, 3.8) is 0 Å². The third kappa shape index (κ3) is 2.36. The number of para-hydroxylation sites is 1. The molecule has 0 radical (unpaired) electrons. The van der Waals surface area contributed by atoms with Crippen molar-refractivity contribution in [3.05, 3.63) is 30.0 Å². The van der Waals surface area contributed by atoms with Gasteiger partial charge in [-0.3, -0.25) is 4.79 Å². The summed E-state index contributed by atoms with van der Waals surface area (Å²) in [4.78, 5) is 17.2. The Kier molecular flexibility index (Phi) is 3.36. The SMILES string of the molecule is CN(CC1CCCO1)C(=O)c1cc2cccc(N)c2[nH]1. The number of carbonyl (C=O) groups is 1. The lowest BCUT2D eigenvalue weighted by Crippen LogP contribution is -2.34. The molecule has 1 aliphatic heterocycles. The van der Waals surface area contributed by atoms with Crippen molar-refractivity contribution in [3.8, 4) is 0 Å². The zero-order valence-electron chi connectivity index (χ0n) is 11.6. The van der Waals surface area contributed by atoms with E-state index < -0.39 is 0 Å². The van der Waals surface area contributed by atoms with Crippen LogP contribution in [0.2, 0.25) is 0 Å². The number of rotatable bonds is 3. The predicted molar refractivity (Wildman–Crippen MR) is 78.6 cm³/mol. The summed E-state index contributed by atoms with van der Waals surface area (Å²) >= 11 is 0. The van der Waals surface area contributed by atoms with Crippen LogP contribution in [0.4, 0.5) is 5.69 Å². The number of fused-ring (bicyclic) bond motifs is 1. The number of benzene rings is 1. The molecule has 0 aliphatic carbocycles. The fraction of sp³-hybridized carbons (Fsp3) is 0.400. The maximum atomic E-state index is 12.4. The van der Waals surface area contributed by atoms with E-state index in [0.29, 0.717) is 17.9 Å². The minimum Gasteiger partial charge on any atom is -0.397 e. The molecule has 3 rings (SSSR count). The molecule has 1 atom stereocenters. The number of amides is 1. The maximum Gasteiger partial charge on any atom is 0.270 e. The number of nitrogens with zero attached hydrogens (tertiary/aromatic N) is 1. The molecule has 20 heavy (non-hydrogen) atoms. The molecule has 0 bridgehead atoms. The molecule has 2 heterocycles. The summed E-state index contributed by atoms with van der Waals surface area (Å²) in [7, 11) is 1.80. The van der Waals surface area contributed by atoms with E-state index in [-0.39, 0.29) is 12.0 Å². The lowest BCUT2D eigenvalue weighted by molar-refractivity contribution is 0.0583. The zero-order chi connectivity index (χ0) is 14.1. The molecule has 1 fully saturated rings. The first kappa shape index (κ1) is 13.0. The normalized spacial score (nSPS) is 18.6. The van der Waals surface area contributed by atoms with E-state index in [1.54, 1.807) is 11.9 Å². The van der Waals surface area contributed by atoms with E-state index in [9.17, 15) is 4.79 Å². The lowest BCUT2D eigenvalue weighted by atomic mass is 10.2. The second-order valence-electron chi connectivity index (χ2n) is 5.32. The van der Waals surface area contributed by atoms with Crippen LogP contribution >= 0.6 is 0 Å². The molecular weight excluding hydrogens is 254 g/mol. The highest BCUT2D eigenvalue weighted by atomic mass is 16.5. The van der Waals surface area contributed by atoms with E-state index in [1.165, 1.54) is 0 Å². The van der Waals surface area contributed by atoms with Gasteiger partial charge in [-0.05, 0) is 25.0 Å². The summed E-state index contributed by atoms with van der Waals surface area (Å²) in [6, 6.07) is 7.50. The quantitative estimate of drug-likeness (QED) is 0.840. The first-order valence-corrected chi connectivity index (χ1v) is 6.89. The Bertz CT molecular complexity index is 629. The summed E-state index contributed by atoms with van der Waals surface area (Å²) in [5, 5.41) is 0.957. The first-order chi connectivity index (χ1) is 9.65. The number of aromatic amines is 1. The second-order valence-corrected chi connectivity index (χ2v) is 5.32. The zero-order valence-corrected chi connectivity index (χ0v) is 11.6. The Morgan fingerprint density at radius 3 is 3.10 bits per heavy atom. The second kappa shape index (κ2) is 5.17. The van der Waals surface area contributed by atoms with Crippen molar-refractivity contribution in [2.24, 2.45) is 0 Å². The third-order valence-corrected chi connectivity index (χ3v) is 3.77. The summed E-state index contributed by atoms with van der Waals surface area (Å²) in [6.07, 6.45) is 2.27. The number of ether oxygens (including phenoxy) is 1. The summed E-state index contributed by atoms with van der Waals surface area (Å²) in [5.74, 6) is -0.0314. The third-order valence-electron chi connectivity index (χ3n) is 3.77. The lowest BCUT2D eigenvalue weighted by Gasteiger charge is -2.20. The van der Waals surface area contributed by atoms with Gasteiger partial charge in [0, 0.05) is 25.6 Å². The molecular formula is C15H19N3O2. The van der Waals surface area contributed by atoms with Crippen LogP contribution in [0.1, 0.15) is 23.3 Å². The summed E-state index contributed by atoms with van der Waals surface area (Å²) in [5.41, 5.74) is 7.95. The van der Waals surface area contributed by atoms with Gasteiger partial charge in [-0.1, -0.05) is 12.1 Å². The molecule has 3 N–H and O–H groups in total. The number of nitrogen functional groups attached to an aromatic ring is 1. The van der Waals surface area contributed by atoms with Gasteiger partial charge >= 0.3 is 0 Å². The van der Waals surface area contributed by atoms with E-state index >= 15 is 0 Å². The molecule has 1 unspecified atom stereocenters. The van der Waals surface area contributed by atoms with Crippen LogP contribution < -0.4 is 5.73 Å². The van der Waals surface area contributed by atoms with Crippen molar-refractivity contribution < 1.29 is 9.53 Å². The molecule has 5 heteroatoms. The fourth-order valence-electron chi connectivity index (χ4n) is 2.68. The minimum atomic E-state index is -0.0314. The number of H-pyrrole nitrogens is 1. The number of aromatic nitrogens is 1. The van der Waals surface area contributed by atoms with E-state index in [2.05, 4.69) is 4.98 Å². The Labute approximate surface area is 117 Å². The molecule has 1 saturated heterocycles. The van der Waals surface area contributed by atoms with Crippen LogP contribution in [-0.2, 0) is 4.74 Å². The molecule has 0 spiro atoms. The van der Waals surface area contributed by atoms with E-state index in [4.69, 9.17) is 10.5 Å². The minimum absolute atomic E-state index is 0.0314. The molecule has 1 aromatic heterocycles. The van der Waals surface area contributed by atoms with Gasteiger partial charge in [0.15, 0.2) is 0 Å². The highest BCUT2D eigenvalue weighted by Crippen LogP contribution is 2.22. The van der Waals surface area contributed by atoms with Gasteiger partial charge in [0.05, 0.1) is 17.3 Å². The van der Waals surface area contributed by atoms with Gasteiger partial charge in [0.1, 0.15) is 5.69 Å². The number of likely N-dealkylation sites (N-methyl/N-ethyl adjacent to an activating group) is 1. The van der Waals surface area contributed by atoms with Crippen molar-refractivity contribution >= 4 is 22.5 Å². The molecule has 2 aromatic rings. The molecule has 1 aliphatic rings. The van der Waals surface area contributed by atoms with Crippen LogP contribution in [0.15, 0.2) is 24.3 Å². The largest absolute Gasteiger partial charge is 0.397 e. The molecule has 0 saturated carbocycles. The smallest absolute Gasteiger partial charge is 0.270 e. The van der Waals surface area contributed by atoms with Crippen molar-refractivity contribution in [2.75, 3.05) is 25.9 Å². The Hall–Kier alpha value is -2.01. The van der Waals surface area contributed by atoms with Gasteiger partial charge in [0.25, 0.3) is 5.91 Å². The van der Waals surface area contributed by atoms with Crippen molar-refractivity contribution in [2.45, 2.75) is 18.9 Å². The van der Waals surface area contributed by atoms with Crippen LogP contribution in [0.25, 0.3) is 10.9 Å². The van der Waals surface area contributed by atoms with Crippen LogP contribution in [-0.4, -0.2) is 42.1 Å². The Balaban J connectivity index is 1.79. The number of nitrogens with two attached hydrogens (primary N) is 1. The van der Waals surface area contributed by atoms with Gasteiger partial charge in [-0.15, -0.1) is 0 Å². The topological polar surface area (TPSA) is 71.3 Å². The number of anilines is 1. The number of hydrogen-bond donors (Lipinski definition) is 2. The highest BCUT2D eigenvalue weighted by molar-refractivity contribution is 6.00. The van der Waals surface area contributed by atoms with Gasteiger partial charge < -0.3 is 20.4 Å². The first-order valence-electron chi connectivity index (χ1n) is 6.89. The van der Waals surface area contributed by atoms with E-state index in [0.717, 1.165) is 30.4 Å². The Morgan fingerprint density at radius 2 is 2.40 bits per heavy atom. The van der Waals surface area contributed by atoms with Crippen LogP contribution in [0.3, 0.4) is 0 Å². The summed E-state index contributed by atoms with van der Waals surface area (Å²) < 4.78 is 5.56. The number of carbonyl (C=O) groups excluding carboxylic acids is 1. The van der Waals surface area contributed by atoms with Gasteiger partial charge in [-0.25, -0.2) is 0 Å². The van der Waals surface area contributed by atoms with Crippen molar-refractivity contribution in [1.29, 1.82) is 0 Å². The number of nitrogens with one attached hydrogen (secondary N) is 1. The highest BCUT2D eigenvalue weighted by Gasteiger charge is 2.21. The molecule has 106 valence electrons. The van der Waals surface area contributed by atoms with Crippen LogP contribution in [0, 0.1) is 0 Å². The monoisotopic (exact) mass is 273 g/mol. The predicted octanol–water partition coefficient (Wildman–Crippen LogP) is 2.00. The number of hydrogen-bond acceptors (Lipinski definition) is 3.